The molecule has 1 saturated heterocycles. The molecule has 2 aromatic heterocycles. The number of carbonyl (C=O) groups is 3. The summed E-state index contributed by atoms with van der Waals surface area (Å²) in [6.45, 7) is 2.38. The number of nitrogens with one attached hydrogen (secondary N) is 2. The second-order valence-electron chi connectivity index (χ2n) is 7.65. The summed E-state index contributed by atoms with van der Waals surface area (Å²) in [7, 11) is 0. The van der Waals surface area contributed by atoms with E-state index < -0.39 is 0 Å². The predicted octanol–water partition coefficient (Wildman–Crippen LogP) is 2.53. The lowest BCUT2D eigenvalue weighted by molar-refractivity contribution is -0.132. The molecule has 0 atom stereocenters. The largest absolute Gasteiger partial charge is 0.467 e. The van der Waals surface area contributed by atoms with Crippen LogP contribution in [0.2, 0.25) is 0 Å². The summed E-state index contributed by atoms with van der Waals surface area (Å²) in [6, 6.07) is 13.2. The van der Waals surface area contributed by atoms with Gasteiger partial charge in [0.2, 0.25) is 11.8 Å². The van der Waals surface area contributed by atoms with Gasteiger partial charge in [0.25, 0.3) is 5.91 Å². The van der Waals surface area contributed by atoms with Crippen molar-refractivity contribution in [1.29, 1.82) is 0 Å². The third-order valence-corrected chi connectivity index (χ3v) is 5.51. The molecule has 1 aliphatic heterocycles. The monoisotopic (exact) mass is 422 g/mol. The minimum atomic E-state index is -0.0991. The highest BCUT2D eigenvalue weighted by Gasteiger charge is 2.25. The fourth-order valence-electron chi connectivity index (χ4n) is 3.76. The third-order valence-electron chi connectivity index (χ3n) is 5.51. The van der Waals surface area contributed by atoms with Crippen LogP contribution < -0.4 is 5.32 Å². The van der Waals surface area contributed by atoms with Gasteiger partial charge in [-0.3, -0.25) is 14.4 Å². The van der Waals surface area contributed by atoms with Crippen molar-refractivity contribution >= 4 is 28.6 Å². The lowest BCUT2D eigenvalue weighted by Gasteiger charge is -2.34. The molecular weight excluding hydrogens is 396 g/mol. The molecule has 3 aromatic rings. The zero-order chi connectivity index (χ0) is 21.6. The smallest absolute Gasteiger partial charge is 0.270 e. The van der Waals surface area contributed by atoms with Crippen LogP contribution in [0.1, 0.15) is 35.5 Å². The maximum absolute atomic E-state index is 12.8. The lowest BCUT2D eigenvalue weighted by Crippen LogP contribution is -2.50. The SMILES string of the molecule is O=C(CCCC(=O)N1CCN(C(=O)c2cc3ccccc3[nH]2)CC1)NCc1ccco1. The summed E-state index contributed by atoms with van der Waals surface area (Å²) in [5, 5.41) is 3.78. The Balaban J connectivity index is 1.18. The van der Waals surface area contributed by atoms with Crippen molar-refractivity contribution in [3.05, 3.63) is 60.2 Å². The van der Waals surface area contributed by atoms with Crippen LogP contribution in [0.4, 0.5) is 0 Å². The highest BCUT2D eigenvalue weighted by Crippen LogP contribution is 2.17. The molecule has 3 heterocycles. The van der Waals surface area contributed by atoms with Gasteiger partial charge >= 0.3 is 0 Å². The number of benzene rings is 1. The van der Waals surface area contributed by atoms with Gasteiger partial charge in [-0.25, -0.2) is 0 Å². The molecule has 0 saturated carbocycles. The standard InChI is InChI=1S/C23H26N4O4/c28-21(24-16-18-6-4-14-31-18)8-3-9-22(29)26-10-12-27(13-11-26)23(30)20-15-17-5-1-2-7-19(17)25-20/h1-2,4-7,14-15,25H,3,8-13,16H2,(H,24,28). The van der Waals surface area contributed by atoms with Crippen molar-refractivity contribution in [3.63, 3.8) is 0 Å². The fourth-order valence-corrected chi connectivity index (χ4v) is 3.76. The number of amides is 3. The van der Waals surface area contributed by atoms with E-state index in [0.29, 0.717) is 63.4 Å². The van der Waals surface area contributed by atoms with E-state index in [9.17, 15) is 14.4 Å². The second-order valence-corrected chi connectivity index (χ2v) is 7.65. The van der Waals surface area contributed by atoms with Crippen molar-refractivity contribution in [2.45, 2.75) is 25.8 Å². The molecule has 0 spiro atoms. The Morgan fingerprint density at radius 3 is 2.48 bits per heavy atom. The van der Waals surface area contributed by atoms with Crippen LogP contribution in [-0.4, -0.2) is 58.7 Å². The number of aromatic nitrogens is 1. The van der Waals surface area contributed by atoms with E-state index in [-0.39, 0.29) is 17.7 Å². The van der Waals surface area contributed by atoms with Gasteiger partial charge in [-0.2, -0.15) is 0 Å². The maximum atomic E-state index is 12.8. The second kappa shape index (κ2) is 9.51. The zero-order valence-corrected chi connectivity index (χ0v) is 17.3. The molecule has 1 aliphatic rings. The topological polar surface area (TPSA) is 98.7 Å². The summed E-state index contributed by atoms with van der Waals surface area (Å²) in [4.78, 5) is 43.8. The molecule has 3 amide bonds. The zero-order valence-electron chi connectivity index (χ0n) is 17.3. The van der Waals surface area contributed by atoms with Gasteiger partial charge in [0.1, 0.15) is 11.5 Å². The minimum Gasteiger partial charge on any atom is -0.467 e. The number of nitrogens with zero attached hydrogens (tertiary/aromatic N) is 2. The quantitative estimate of drug-likeness (QED) is 0.611. The molecule has 8 nitrogen and oxygen atoms in total. The Morgan fingerprint density at radius 1 is 0.968 bits per heavy atom. The van der Waals surface area contributed by atoms with Crippen molar-refractivity contribution in [3.8, 4) is 0 Å². The van der Waals surface area contributed by atoms with E-state index in [0.717, 1.165) is 10.9 Å². The first-order chi connectivity index (χ1) is 15.1. The molecule has 0 bridgehead atoms. The van der Waals surface area contributed by atoms with Gasteiger partial charge in [-0.15, -0.1) is 0 Å². The maximum Gasteiger partial charge on any atom is 0.270 e. The Bertz CT molecular complexity index is 1020. The van der Waals surface area contributed by atoms with E-state index >= 15 is 0 Å². The molecular formula is C23H26N4O4. The number of furan rings is 1. The Morgan fingerprint density at radius 2 is 1.74 bits per heavy atom. The van der Waals surface area contributed by atoms with Crippen molar-refractivity contribution < 1.29 is 18.8 Å². The van der Waals surface area contributed by atoms with Gasteiger partial charge in [0.15, 0.2) is 0 Å². The molecule has 1 aromatic carbocycles. The van der Waals surface area contributed by atoms with Crippen LogP contribution in [0.3, 0.4) is 0 Å². The molecule has 162 valence electrons. The molecule has 1 fully saturated rings. The molecule has 4 rings (SSSR count). The van der Waals surface area contributed by atoms with Crippen molar-refractivity contribution in [2.24, 2.45) is 0 Å². The molecule has 2 N–H and O–H groups in total. The number of rotatable bonds is 7. The number of piperazine rings is 1. The lowest BCUT2D eigenvalue weighted by atomic mass is 10.2. The van der Waals surface area contributed by atoms with Gasteiger partial charge < -0.3 is 24.5 Å². The van der Waals surface area contributed by atoms with E-state index in [4.69, 9.17) is 4.42 Å². The van der Waals surface area contributed by atoms with Gasteiger partial charge in [-0.1, -0.05) is 18.2 Å². The number of hydrogen-bond acceptors (Lipinski definition) is 4. The summed E-state index contributed by atoms with van der Waals surface area (Å²) in [5.41, 5.74) is 1.51. The summed E-state index contributed by atoms with van der Waals surface area (Å²) in [6.07, 6.45) is 2.68. The molecule has 0 radical (unpaired) electrons. The summed E-state index contributed by atoms with van der Waals surface area (Å²) in [5.74, 6) is 0.579. The Hall–Kier alpha value is -3.55. The minimum absolute atomic E-state index is 0.0246. The Labute approximate surface area is 180 Å². The van der Waals surface area contributed by atoms with Crippen LogP contribution in [0.15, 0.2) is 53.1 Å². The highest BCUT2D eigenvalue weighted by atomic mass is 16.3. The van der Waals surface area contributed by atoms with E-state index in [2.05, 4.69) is 10.3 Å². The van der Waals surface area contributed by atoms with E-state index in [1.807, 2.05) is 30.3 Å². The van der Waals surface area contributed by atoms with Crippen LogP contribution in [0.5, 0.6) is 0 Å². The van der Waals surface area contributed by atoms with Gasteiger partial charge in [0.05, 0.1) is 12.8 Å². The van der Waals surface area contributed by atoms with E-state index in [1.54, 1.807) is 28.2 Å². The van der Waals surface area contributed by atoms with Crippen molar-refractivity contribution in [2.75, 3.05) is 26.2 Å². The van der Waals surface area contributed by atoms with Gasteiger partial charge in [-0.05, 0) is 30.7 Å². The van der Waals surface area contributed by atoms with Crippen LogP contribution in [0.25, 0.3) is 10.9 Å². The first-order valence-electron chi connectivity index (χ1n) is 10.5. The number of para-hydroxylation sites is 1. The average molecular weight is 422 g/mol. The van der Waals surface area contributed by atoms with Crippen LogP contribution >= 0.6 is 0 Å². The van der Waals surface area contributed by atoms with Crippen molar-refractivity contribution in [1.82, 2.24) is 20.1 Å². The predicted molar refractivity (Wildman–Crippen MR) is 115 cm³/mol. The third kappa shape index (κ3) is 5.14. The highest BCUT2D eigenvalue weighted by molar-refractivity contribution is 5.98. The molecule has 8 heteroatoms. The number of fused-ring (bicyclic) bond motifs is 1. The Kier molecular flexibility index (Phi) is 6.35. The number of aromatic amines is 1. The molecule has 31 heavy (non-hydrogen) atoms. The fraction of sp³-hybridized carbons (Fsp3) is 0.348. The number of hydrogen-bond donors (Lipinski definition) is 2. The number of carbonyl (C=O) groups excluding carboxylic acids is 3. The summed E-state index contributed by atoms with van der Waals surface area (Å²) >= 11 is 0. The summed E-state index contributed by atoms with van der Waals surface area (Å²) < 4.78 is 5.17. The van der Waals surface area contributed by atoms with Gasteiger partial charge in [0, 0.05) is 49.9 Å². The number of H-pyrrole nitrogens is 1. The first-order valence-corrected chi connectivity index (χ1v) is 10.5. The molecule has 0 unspecified atom stereocenters. The normalized spacial score (nSPS) is 14.1. The van der Waals surface area contributed by atoms with Crippen LogP contribution in [0, 0.1) is 0 Å². The van der Waals surface area contributed by atoms with Crippen LogP contribution in [-0.2, 0) is 16.1 Å². The first kappa shape index (κ1) is 20.7. The van der Waals surface area contributed by atoms with E-state index in [1.165, 1.54) is 0 Å². The molecule has 0 aliphatic carbocycles. The average Bonchev–Trinajstić information content (AvgIpc) is 3.47.